The van der Waals surface area contributed by atoms with Gasteiger partial charge in [-0.3, -0.25) is 14.5 Å². The van der Waals surface area contributed by atoms with Crippen LogP contribution in [0.1, 0.15) is 38.5 Å². The summed E-state index contributed by atoms with van der Waals surface area (Å²) in [5, 5.41) is 2.01. The van der Waals surface area contributed by atoms with E-state index in [0.29, 0.717) is 19.0 Å². The zero-order valence-corrected chi connectivity index (χ0v) is 14.4. The number of rotatable bonds is 4. The fraction of sp³-hybridized carbons (Fsp3) is 0.882. The molecule has 0 aromatic heterocycles. The number of carbonyl (C=O) groups is 2. The molecule has 1 atom stereocenters. The Hall–Kier alpha value is -1.31. The molecular weight excluding hydrogens is 335 g/mol. The Balaban J connectivity index is 1.45. The van der Waals surface area contributed by atoms with Gasteiger partial charge in [-0.1, -0.05) is 0 Å². The van der Waals surface area contributed by atoms with E-state index in [4.69, 9.17) is 0 Å². The highest BCUT2D eigenvalue weighted by atomic mass is 19.4. The fourth-order valence-electron chi connectivity index (χ4n) is 3.92. The summed E-state index contributed by atoms with van der Waals surface area (Å²) < 4.78 is 36.8. The van der Waals surface area contributed by atoms with Crippen molar-refractivity contribution in [3.63, 3.8) is 0 Å². The third-order valence-electron chi connectivity index (χ3n) is 5.51. The first-order valence-corrected chi connectivity index (χ1v) is 9.21. The van der Waals surface area contributed by atoms with Crippen molar-refractivity contribution in [2.75, 3.05) is 32.7 Å². The van der Waals surface area contributed by atoms with E-state index in [0.717, 1.165) is 51.7 Å². The van der Waals surface area contributed by atoms with Crippen molar-refractivity contribution in [3.05, 3.63) is 0 Å². The smallest absolute Gasteiger partial charge is 0.347 e. The van der Waals surface area contributed by atoms with Crippen molar-refractivity contribution in [1.82, 2.24) is 15.1 Å². The van der Waals surface area contributed by atoms with E-state index in [1.165, 1.54) is 0 Å². The molecule has 0 spiro atoms. The van der Waals surface area contributed by atoms with E-state index in [1.54, 1.807) is 0 Å². The highest BCUT2D eigenvalue weighted by Gasteiger charge is 2.37. The maximum Gasteiger partial charge on any atom is 0.405 e. The van der Waals surface area contributed by atoms with Crippen LogP contribution in [0.15, 0.2) is 0 Å². The predicted octanol–water partition coefficient (Wildman–Crippen LogP) is 1.78. The average molecular weight is 361 g/mol. The number of amides is 2. The second-order valence-electron chi connectivity index (χ2n) is 7.50. The van der Waals surface area contributed by atoms with Gasteiger partial charge in [0.1, 0.15) is 6.54 Å². The number of nitrogens with one attached hydrogen (secondary N) is 1. The lowest BCUT2D eigenvalue weighted by Gasteiger charge is -2.42. The van der Waals surface area contributed by atoms with Crippen molar-refractivity contribution < 1.29 is 22.8 Å². The molecule has 1 aliphatic carbocycles. The molecule has 25 heavy (non-hydrogen) atoms. The predicted molar refractivity (Wildman–Crippen MR) is 85.7 cm³/mol. The summed E-state index contributed by atoms with van der Waals surface area (Å²) in [5.74, 6) is -0.347. The van der Waals surface area contributed by atoms with Crippen LogP contribution in [0.25, 0.3) is 0 Å². The third-order valence-corrected chi connectivity index (χ3v) is 5.51. The summed E-state index contributed by atoms with van der Waals surface area (Å²) in [6.07, 6.45) is 0.888. The second-order valence-corrected chi connectivity index (χ2v) is 7.50. The maximum atomic E-state index is 12.3. The van der Waals surface area contributed by atoms with Gasteiger partial charge in [-0.15, -0.1) is 0 Å². The lowest BCUT2D eigenvalue weighted by atomic mass is 9.93. The molecule has 0 aromatic carbocycles. The van der Waals surface area contributed by atoms with Gasteiger partial charge >= 0.3 is 6.18 Å². The van der Waals surface area contributed by atoms with E-state index in [1.807, 2.05) is 10.2 Å². The summed E-state index contributed by atoms with van der Waals surface area (Å²) in [6.45, 7) is 1.64. The van der Waals surface area contributed by atoms with Crippen LogP contribution in [0.5, 0.6) is 0 Å². The van der Waals surface area contributed by atoms with Crippen LogP contribution < -0.4 is 5.32 Å². The third kappa shape index (κ3) is 5.09. The van der Waals surface area contributed by atoms with Gasteiger partial charge in [-0.25, -0.2) is 0 Å². The summed E-state index contributed by atoms with van der Waals surface area (Å²) in [4.78, 5) is 28.3. The standard InChI is InChI=1S/C17H26F3N3O2/c18-17(19,20)11-21-15(24)13-2-1-7-23(10-13)14-5-8-22(9-6-14)16(25)12-3-4-12/h12-14H,1-11H2,(H,21,24)/t13-/m0/s1. The Labute approximate surface area is 145 Å². The highest BCUT2D eigenvalue weighted by Crippen LogP contribution is 2.32. The molecule has 3 fully saturated rings. The normalized spacial score (nSPS) is 26.5. The van der Waals surface area contributed by atoms with Crippen molar-refractivity contribution >= 4 is 11.8 Å². The monoisotopic (exact) mass is 361 g/mol. The molecule has 2 heterocycles. The molecule has 5 nitrogen and oxygen atoms in total. The molecule has 1 N–H and O–H groups in total. The number of nitrogens with zero attached hydrogens (tertiary/aromatic N) is 2. The van der Waals surface area contributed by atoms with Gasteiger partial charge in [-0.2, -0.15) is 13.2 Å². The van der Waals surface area contributed by atoms with Gasteiger partial charge in [0, 0.05) is 31.6 Å². The number of alkyl halides is 3. The molecule has 142 valence electrons. The zero-order chi connectivity index (χ0) is 18.0. The van der Waals surface area contributed by atoms with Crippen LogP contribution in [-0.4, -0.2) is 66.6 Å². The van der Waals surface area contributed by atoms with Crippen LogP contribution in [0.3, 0.4) is 0 Å². The summed E-state index contributed by atoms with van der Waals surface area (Å²) in [5.41, 5.74) is 0. The van der Waals surface area contributed by atoms with Gasteiger partial charge in [0.25, 0.3) is 0 Å². The fourth-order valence-corrected chi connectivity index (χ4v) is 3.92. The Morgan fingerprint density at radius 1 is 0.960 bits per heavy atom. The Morgan fingerprint density at radius 2 is 1.64 bits per heavy atom. The molecule has 2 aliphatic heterocycles. The summed E-state index contributed by atoms with van der Waals surface area (Å²) >= 11 is 0. The van der Waals surface area contributed by atoms with Crippen molar-refractivity contribution in [1.29, 1.82) is 0 Å². The largest absolute Gasteiger partial charge is 0.405 e. The van der Waals surface area contributed by atoms with Crippen LogP contribution in [0.2, 0.25) is 0 Å². The molecular formula is C17H26F3N3O2. The molecule has 1 saturated carbocycles. The molecule has 3 rings (SSSR count). The van der Waals surface area contributed by atoms with Gasteiger partial charge in [0.15, 0.2) is 0 Å². The second kappa shape index (κ2) is 7.51. The topological polar surface area (TPSA) is 52.7 Å². The van der Waals surface area contributed by atoms with Crippen molar-refractivity contribution in [2.24, 2.45) is 11.8 Å². The zero-order valence-electron chi connectivity index (χ0n) is 14.4. The minimum absolute atomic E-state index is 0.244. The Kier molecular flexibility index (Phi) is 5.55. The number of hydrogen-bond donors (Lipinski definition) is 1. The van der Waals surface area contributed by atoms with Crippen molar-refractivity contribution in [2.45, 2.75) is 50.7 Å². The van der Waals surface area contributed by atoms with Gasteiger partial charge in [-0.05, 0) is 45.1 Å². The lowest BCUT2D eigenvalue weighted by Crippen LogP contribution is -2.52. The SMILES string of the molecule is O=C(NCC(F)(F)F)[C@H]1CCCN(C2CCN(C(=O)C3CC3)CC2)C1. The Morgan fingerprint density at radius 3 is 2.24 bits per heavy atom. The van der Waals surface area contributed by atoms with Crippen LogP contribution in [0.4, 0.5) is 13.2 Å². The molecule has 0 aromatic rings. The Bertz CT molecular complexity index is 500. The molecule has 2 amide bonds. The molecule has 8 heteroatoms. The number of carbonyl (C=O) groups excluding carboxylic acids is 2. The van der Waals surface area contributed by atoms with Crippen LogP contribution in [-0.2, 0) is 9.59 Å². The van der Waals surface area contributed by atoms with Crippen LogP contribution >= 0.6 is 0 Å². The first kappa shape index (κ1) is 18.5. The van der Waals surface area contributed by atoms with Crippen molar-refractivity contribution in [3.8, 4) is 0 Å². The van der Waals surface area contributed by atoms with Crippen LogP contribution in [0, 0.1) is 11.8 Å². The minimum Gasteiger partial charge on any atom is -0.347 e. The van der Waals surface area contributed by atoms with E-state index in [2.05, 4.69) is 4.90 Å². The summed E-state index contributed by atoms with van der Waals surface area (Å²) in [7, 11) is 0. The first-order valence-electron chi connectivity index (χ1n) is 9.21. The van der Waals surface area contributed by atoms with E-state index in [9.17, 15) is 22.8 Å². The van der Waals surface area contributed by atoms with E-state index < -0.39 is 18.6 Å². The summed E-state index contributed by atoms with van der Waals surface area (Å²) in [6, 6.07) is 0.321. The number of piperidine rings is 2. The lowest BCUT2D eigenvalue weighted by molar-refractivity contribution is -0.142. The molecule has 3 aliphatic rings. The number of likely N-dealkylation sites (tertiary alicyclic amines) is 2. The molecule has 2 saturated heterocycles. The first-order chi connectivity index (χ1) is 11.8. The van der Waals surface area contributed by atoms with E-state index >= 15 is 0 Å². The molecule has 0 bridgehead atoms. The average Bonchev–Trinajstić information content (AvgIpc) is 3.44. The molecule has 0 unspecified atom stereocenters. The van der Waals surface area contributed by atoms with Gasteiger partial charge in [0.2, 0.25) is 11.8 Å². The molecule has 0 radical (unpaired) electrons. The number of hydrogen-bond acceptors (Lipinski definition) is 3. The van der Waals surface area contributed by atoms with Gasteiger partial charge < -0.3 is 10.2 Å². The minimum atomic E-state index is -4.37. The number of halogens is 3. The van der Waals surface area contributed by atoms with E-state index in [-0.39, 0.29) is 17.7 Å². The highest BCUT2D eigenvalue weighted by molar-refractivity contribution is 5.81. The van der Waals surface area contributed by atoms with Gasteiger partial charge in [0.05, 0.1) is 5.92 Å². The maximum absolute atomic E-state index is 12.3. The quantitative estimate of drug-likeness (QED) is 0.831.